The lowest BCUT2D eigenvalue weighted by atomic mass is 10.2. The zero-order valence-electron chi connectivity index (χ0n) is 16.7. The molecular formula is C20H34IN5S. The second-order valence-corrected chi connectivity index (χ2v) is 8.58. The molecule has 0 bridgehead atoms. The van der Waals surface area contributed by atoms with Crippen LogP contribution < -0.4 is 10.2 Å². The second-order valence-electron chi connectivity index (χ2n) is 7.17. The van der Waals surface area contributed by atoms with Crippen LogP contribution in [0.1, 0.15) is 44.6 Å². The lowest BCUT2D eigenvalue weighted by Crippen LogP contribution is -2.47. The number of thioether (sulfide) groups is 1. The minimum atomic E-state index is 0. The second kappa shape index (κ2) is 12.0. The quantitative estimate of drug-likeness (QED) is 0.383. The average Bonchev–Trinajstić information content (AvgIpc) is 2.99. The highest BCUT2D eigenvalue weighted by atomic mass is 127. The van der Waals surface area contributed by atoms with Crippen molar-refractivity contribution in [2.24, 2.45) is 4.99 Å². The molecule has 0 spiro atoms. The van der Waals surface area contributed by atoms with Crippen LogP contribution in [-0.2, 0) is 6.54 Å². The Morgan fingerprint density at radius 1 is 1.22 bits per heavy atom. The van der Waals surface area contributed by atoms with Crippen molar-refractivity contribution in [3.05, 3.63) is 23.9 Å². The number of aliphatic imine (C=N–C) groups is 1. The molecule has 1 N–H and O–H groups in total. The molecule has 0 saturated carbocycles. The van der Waals surface area contributed by atoms with Gasteiger partial charge in [0.25, 0.3) is 0 Å². The van der Waals surface area contributed by atoms with Crippen LogP contribution in [0.2, 0.25) is 0 Å². The van der Waals surface area contributed by atoms with Crippen molar-refractivity contribution in [1.82, 2.24) is 15.2 Å². The number of aromatic nitrogens is 1. The van der Waals surface area contributed by atoms with Gasteiger partial charge in [0.15, 0.2) is 5.96 Å². The van der Waals surface area contributed by atoms with E-state index in [-0.39, 0.29) is 24.0 Å². The molecule has 3 rings (SSSR count). The van der Waals surface area contributed by atoms with Gasteiger partial charge >= 0.3 is 0 Å². The normalized spacial score (nSPS) is 21.4. The van der Waals surface area contributed by atoms with E-state index in [4.69, 9.17) is 4.98 Å². The molecule has 5 nitrogen and oxygen atoms in total. The van der Waals surface area contributed by atoms with Crippen LogP contribution in [0, 0.1) is 0 Å². The Labute approximate surface area is 185 Å². The summed E-state index contributed by atoms with van der Waals surface area (Å²) in [5.41, 5.74) is 1.21. The number of nitrogens with zero attached hydrogens (tertiary/aromatic N) is 4. The van der Waals surface area contributed by atoms with E-state index in [1.54, 1.807) is 0 Å². The summed E-state index contributed by atoms with van der Waals surface area (Å²) in [5.74, 6) is 3.32. The Morgan fingerprint density at radius 2 is 2.00 bits per heavy atom. The first-order valence-electron chi connectivity index (χ1n) is 10.1. The van der Waals surface area contributed by atoms with E-state index in [0.717, 1.165) is 49.8 Å². The van der Waals surface area contributed by atoms with E-state index < -0.39 is 0 Å². The van der Waals surface area contributed by atoms with Crippen molar-refractivity contribution in [2.75, 3.05) is 43.9 Å². The van der Waals surface area contributed by atoms with E-state index in [1.165, 1.54) is 43.4 Å². The molecule has 1 unspecified atom stereocenters. The third kappa shape index (κ3) is 6.69. The molecule has 152 valence electrons. The number of hydrogen-bond donors (Lipinski definition) is 1. The van der Waals surface area contributed by atoms with Crippen LogP contribution in [0.3, 0.4) is 0 Å². The Kier molecular flexibility index (Phi) is 10.0. The fraction of sp³-hybridized carbons (Fsp3) is 0.700. The van der Waals surface area contributed by atoms with E-state index >= 15 is 0 Å². The Balaban J connectivity index is 0.00000261. The Morgan fingerprint density at radius 3 is 2.63 bits per heavy atom. The maximum absolute atomic E-state index is 4.71. The summed E-state index contributed by atoms with van der Waals surface area (Å²) in [5, 5.41) is 4.24. The van der Waals surface area contributed by atoms with E-state index in [9.17, 15) is 0 Å². The summed E-state index contributed by atoms with van der Waals surface area (Å²) in [6, 6.07) is 4.38. The molecule has 0 aromatic carbocycles. The van der Waals surface area contributed by atoms with Gasteiger partial charge in [-0.25, -0.2) is 4.98 Å². The van der Waals surface area contributed by atoms with Gasteiger partial charge in [0.1, 0.15) is 5.82 Å². The largest absolute Gasteiger partial charge is 0.357 e. The number of anilines is 1. The van der Waals surface area contributed by atoms with Crippen molar-refractivity contribution >= 4 is 47.5 Å². The summed E-state index contributed by atoms with van der Waals surface area (Å²) >= 11 is 2.09. The van der Waals surface area contributed by atoms with Gasteiger partial charge in [0.05, 0.1) is 0 Å². The summed E-state index contributed by atoms with van der Waals surface area (Å²) in [6.45, 7) is 7.50. The Bertz CT molecular complexity index is 572. The van der Waals surface area contributed by atoms with Crippen LogP contribution in [0.25, 0.3) is 0 Å². The van der Waals surface area contributed by atoms with Crippen molar-refractivity contribution < 1.29 is 0 Å². The minimum absolute atomic E-state index is 0. The first kappa shape index (κ1) is 22.6. The van der Waals surface area contributed by atoms with Gasteiger partial charge < -0.3 is 15.1 Å². The fourth-order valence-corrected chi connectivity index (χ4v) is 4.86. The number of pyridine rings is 1. The highest BCUT2D eigenvalue weighted by Gasteiger charge is 2.21. The SMILES string of the molecule is CCC1CN(C(=NC)NCc2ccc(N3CCCCCC3)nc2)CCS1.I. The highest BCUT2D eigenvalue weighted by Crippen LogP contribution is 2.21. The predicted octanol–water partition coefficient (Wildman–Crippen LogP) is 3.98. The van der Waals surface area contributed by atoms with Crippen LogP contribution in [0.4, 0.5) is 5.82 Å². The van der Waals surface area contributed by atoms with E-state index in [1.807, 2.05) is 13.2 Å². The molecule has 0 radical (unpaired) electrons. The molecule has 0 amide bonds. The molecule has 2 aliphatic rings. The first-order valence-corrected chi connectivity index (χ1v) is 11.1. The monoisotopic (exact) mass is 503 g/mol. The summed E-state index contributed by atoms with van der Waals surface area (Å²) in [6.07, 6.45) is 8.51. The van der Waals surface area contributed by atoms with Gasteiger partial charge in [-0.15, -0.1) is 24.0 Å². The third-order valence-corrected chi connectivity index (χ3v) is 6.67. The van der Waals surface area contributed by atoms with Gasteiger partial charge in [-0.05, 0) is 30.9 Å². The summed E-state index contributed by atoms with van der Waals surface area (Å²) in [7, 11) is 1.88. The average molecular weight is 503 g/mol. The smallest absolute Gasteiger partial charge is 0.193 e. The maximum Gasteiger partial charge on any atom is 0.193 e. The standard InChI is InChI=1S/C20H33N5S.HI/c1-3-18-16-25(12-13-26-18)20(21-2)23-15-17-8-9-19(22-14-17)24-10-6-4-5-7-11-24;/h8-9,14,18H,3-7,10-13,15-16H2,1-2H3,(H,21,23);1H. The number of nitrogens with one attached hydrogen (secondary N) is 1. The Hall–Kier alpha value is -0.700. The van der Waals surface area contributed by atoms with Crippen LogP contribution in [-0.4, -0.2) is 60.1 Å². The fourth-order valence-electron chi connectivity index (χ4n) is 3.68. The molecule has 0 aliphatic carbocycles. The molecule has 2 saturated heterocycles. The van der Waals surface area contributed by atoms with E-state index in [2.05, 4.69) is 50.9 Å². The molecule has 1 aromatic rings. The number of guanidine groups is 1. The summed E-state index contributed by atoms with van der Waals surface area (Å²) < 4.78 is 0. The topological polar surface area (TPSA) is 43.8 Å². The van der Waals surface area contributed by atoms with E-state index in [0.29, 0.717) is 0 Å². The molecule has 1 atom stereocenters. The molecule has 2 aliphatic heterocycles. The lowest BCUT2D eigenvalue weighted by molar-refractivity contribution is 0.408. The van der Waals surface area contributed by atoms with Crippen LogP contribution in [0.5, 0.6) is 0 Å². The maximum atomic E-state index is 4.71. The zero-order valence-corrected chi connectivity index (χ0v) is 19.8. The number of halogens is 1. The molecule has 7 heteroatoms. The van der Waals surface area contributed by atoms with Gasteiger partial charge in [-0.3, -0.25) is 4.99 Å². The highest BCUT2D eigenvalue weighted by molar-refractivity contribution is 14.0. The van der Waals surface area contributed by atoms with Crippen molar-refractivity contribution in [1.29, 1.82) is 0 Å². The predicted molar refractivity (Wildman–Crippen MR) is 129 cm³/mol. The van der Waals surface area contributed by atoms with Crippen molar-refractivity contribution in [3.8, 4) is 0 Å². The third-order valence-electron chi connectivity index (χ3n) is 5.30. The zero-order chi connectivity index (χ0) is 18.2. The van der Waals surface area contributed by atoms with Gasteiger partial charge in [0.2, 0.25) is 0 Å². The molecule has 3 heterocycles. The van der Waals surface area contributed by atoms with Gasteiger partial charge in [-0.2, -0.15) is 11.8 Å². The lowest BCUT2D eigenvalue weighted by Gasteiger charge is -2.34. The molecule has 27 heavy (non-hydrogen) atoms. The van der Waals surface area contributed by atoms with Gasteiger partial charge in [-0.1, -0.05) is 25.8 Å². The molecule has 2 fully saturated rings. The molecule has 1 aromatic heterocycles. The number of hydrogen-bond acceptors (Lipinski definition) is 4. The van der Waals surface area contributed by atoms with Crippen LogP contribution >= 0.6 is 35.7 Å². The molecular weight excluding hydrogens is 469 g/mol. The van der Waals surface area contributed by atoms with Gasteiger partial charge in [0, 0.05) is 57.0 Å². The number of rotatable bonds is 4. The summed E-state index contributed by atoms with van der Waals surface area (Å²) in [4.78, 5) is 14.0. The van der Waals surface area contributed by atoms with Crippen molar-refractivity contribution in [3.63, 3.8) is 0 Å². The first-order chi connectivity index (χ1) is 12.8. The van der Waals surface area contributed by atoms with Crippen LogP contribution in [0.15, 0.2) is 23.3 Å². The minimum Gasteiger partial charge on any atom is -0.357 e. The van der Waals surface area contributed by atoms with Crippen molar-refractivity contribution in [2.45, 2.75) is 50.8 Å².